The maximum atomic E-state index is 12.5. The Morgan fingerprint density at radius 1 is 1.53 bits per heavy atom. The van der Waals surface area contributed by atoms with E-state index in [0.29, 0.717) is 30.3 Å². The van der Waals surface area contributed by atoms with Crippen LogP contribution >= 0.6 is 11.5 Å². The molecule has 0 aromatic carbocycles. The van der Waals surface area contributed by atoms with Crippen LogP contribution in [-0.4, -0.2) is 33.5 Å². The molecular weight excluding hydrogens is 260 g/mol. The second kappa shape index (κ2) is 7.85. The maximum Gasteiger partial charge on any atom is 0.267 e. The van der Waals surface area contributed by atoms with E-state index in [9.17, 15) is 4.79 Å². The Balaban J connectivity index is 2.85. The summed E-state index contributed by atoms with van der Waals surface area (Å²) in [6.07, 6.45) is 2.06. The standard InChI is InChI=1S/C13H20N4OS/c1-4-6-11-12(19-16-15-11)13(18)17(8-5-7-14)9-10(2)3/h10H,4-6,8-9H2,1-3H3. The molecule has 0 N–H and O–H groups in total. The van der Waals surface area contributed by atoms with Gasteiger partial charge in [-0.1, -0.05) is 31.7 Å². The zero-order chi connectivity index (χ0) is 14.3. The monoisotopic (exact) mass is 280 g/mol. The number of amides is 1. The molecule has 0 aliphatic carbocycles. The van der Waals surface area contributed by atoms with Crippen molar-refractivity contribution < 1.29 is 4.79 Å². The van der Waals surface area contributed by atoms with E-state index < -0.39 is 0 Å². The van der Waals surface area contributed by atoms with Crippen molar-refractivity contribution in [3.63, 3.8) is 0 Å². The first-order valence-electron chi connectivity index (χ1n) is 6.57. The Labute approximate surface area is 118 Å². The van der Waals surface area contributed by atoms with Gasteiger partial charge in [-0.3, -0.25) is 4.79 Å². The Kier molecular flexibility index (Phi) is 6.43. The Bertz CT molecular complexity index is 450. The molecule has 0 bridgehead atoms. The van der Waals surface area contributed by atoms with Gasteiger partial charge in [0.25, 0.3) is 5.91 Å². The van der Waals surface area contributed by atoms with Gasteiger partial charge in [0.15, 0.2) is 0 Å². The third-order valence-electron chi connectivity index (χ3n) is 2.60. The fraction of sp³-hybridized carbons (Fsp3) is 0.692. The molecule has 5 nitrogen and oxygen atoms in total. The van der Waals surface area contributed by atoms with E-state index in [1.807, 2.05) is 0 Å². The van der Waals surface area contributed by atoms with Gasteiger partial charge < -0.3 is 4.90 Å². The molecule has 1 heterocycles. The summed E-state index contributed by atoms with van der Waals surface area (Å²) < 4.78 is 3.88. The van der Waals surface area contributed by atoms with Crippen LogP contribution in [0.25, 0.3) is 0 Å². The van der Waals surface area contributed by atoms with Crippen molar-refractivity contribution in [1.29, 1.82) is 5.26 Å². The van der Waals surface area contributed by atoms with Crippen LogP contribution in [0.3, 0.4) is 0 Å². The summed E-state index contributed by atoms with van der Waals surface area (Å²) in [5.41, 5.74) is 0.781. The van der Waals surface area contributed by atoms with E-state index in [1.165, 1.54) is 0 Å². The minimum Gasteiger partial charge on any atom is -0.337 e. The second-order valence-electron chi connectivity index (χ2n) is 4.85. The number of hydrogen-bond donors (Lipinski definition) is 0. The third kappa shape index (κ3) is 4.60. The summed E-state index contributed by atoms with van der Waals surface area (Å²) in [6, 6.07) is 2.09. The second-order valence-corrected chi connectivity index (χ2v) is 5.61. The van der Waals surface area contributed by atoms with Crippen molar-refractivity contribution in [2.75, 3.05) is 13.1 Å². The van der Waals surface area contributed by atoms with E-state index >= 15 is 0 Å². The van der Waals surface area contributed by atoms with Crippen LogP contribution in [0.5, 0.6) is 0 Å². The lowest BCUT2D eigenvalue weighted by Gasteiger charge is -2.23. The van der Waals surface area contributed by atoms with Gasteiger partial charge in [0, 0.05) is 13.1 Å². The van der Waals surface area contributed by atoms with Crippen LogP contribution < -0.4 is 0 Å². The van der Waals surface area contributed by atoms with Crippen molar-refractivity contribution in [2.45, 2.75) is 40.0 Å². The fourth-order valence-electron chi connectivity index (χ4n) is 1.82. The molecule has 0 saturated heterocycles. The molecule has 6 heteroatoms. The van der Waals surface area contributed by atoms with Crippen LogP contribution in [0, 0.1) is 17.2 Å². The number of carbonyl (C=O) groups is 1. The lowest BCUT2D eigenvalue weighted by molar-refractivity contribution is 0.0743. The van der Waals surface area contributed by atoms with Crippen LogP contribution in [0.15, 0.2) is 0 Å². The summed E-state index contributed by atoms with van der Waals surface area (Å²) in [5.74, 6) is 0.334. The lowest BCUT2D eigenvalue weighted by atomic mass is 10.1. The molecule has 1 aromatic heterocycles. The van der Waals surface area contributed by atoms with E-state index in [0.717, 1.165) is 30.1 Å². The quantitative estimate of drug-likeness (QED) is 0.769. The molecule has 0 unspecified atom stereocenters. The Morgan fingerprint density at radius 2 is 2.26 bits per heavy atom. The highest BCUT2D eigenvalue weighted by Gasteiger charge is 2.22. The molecule has 1 rings (SSSR count). The lowest BCUT2D eigenvalue weighted by Crippen LogP contribution is -2.35. The summed E-state index contributed by atoms with van der Waals surface area (Å²) in [7, 11) is 0. The number of nitrogens with zero attached hydrogens (tertiary/aromatic N) is 4. The van der Waals surface area contributed by atoms with Crippen LogP contribution in [0.1, 0.15) is 49.0 Å². The molecular formula is C13H20N4OS. The summed E-state index contributed by atoms with van der Waals surface area (Å²) in [4.78, 5) is 14.9. The molecule has 0 aliphatic rings. The predicted molar refractivity (Wildman–Crippen MR) is 74.9 cm³/mol. The van der Waals surface area contributed by atoms with Crippen LogP contribution in [0.2, 0.25) is 0 Å². The maximum absolute atomic E-state index is 12.5. The number of nitriles is 1. The average Bonchev–Trinajstić information content (AvgIpc) is 2.82. The molecule has 1 aromatic rings. The van der Waals surface area contributed by atoms with E-state index in [4.69, 9.17) is 5.26 Å². The SMILES string of the molecule is CCCc1nnsc1C(=O)N(CCC#N)CC(C)C. The van der Waals surface area contributed by atoms with Crippen molar-refractivity contribution in [3.8, 4) is 6.07 Å². The minimum atomic E-state index is -0.0394. The Morgan fingerprint density at radius 3 is 2.84 bits per heavy atom. The van der Waals surface area contributed by atoms with Gasteiger partial charge >= 0.3 is 0 Å². The molecule has 19 heavy (non-hydrogen) atoms. The molecule has 0 saturated carbocycles. The van der Waals surface area contributed by atoms with Gasteiger partial charge in [0.05, 0.1) is 18.2 Å². The van der Waals surface area contributed by atoms with Crippen molar-refractivity contribution >= 4 is 17.4 Å². The summed E-state index contributed by atoms with van der Waals surface area (Å²) >= 11 is 1.15. The third-order valence-corrected chi connectivity index (χ3v) is 3.36. The number of aryl methyl sites for hydroxylation is 1. The number of hydrogen-bond acceptors (Lipinski definition) is 5. The first-order valence-corrected chi connectivity index (χ1v) is 7.34. The molecule has 1 amide bonds. The summed E-state index contributed by atoms with van der Waals surface area (Å²) in [6.45, 7) is 7.30. The molecule has 0 atom stereocenters. The minimum absolute atomic E-state index is 0.0394. The van der Waals surface area contributed by atoms with Gasteiger partial charge in [0.1, 0.15) is 4.88 Å². The number of carbonyl (C=O) groups excluding carboxylic acids is 1. The van der Waals surface area contributed by atoms with E-state index in [2.05, 4.69) is 36.4 Å². The highest BCUT2D eigenvalue weighted by atomic mass is 32.1. The van der Waals surface area contributed by atoms with E-state index in [1.54, 1.807) is 4.90 Å². The largest absolute Gasteiger partial charge is 0.337 e. The topological polar surface area (TPSA) is 69.9 Å². The fourth-order valence-corrected chi connectivity index (χ4v) is 2.49. The first kappa shape index (κ1) is 15.6. The predicted octanol–water partition coefficient (Wildman–Crippen LogP) is 2.50. The van der Waals surface area contributed by atoms with Gasteiger partial charge in [-0.05, 0) is 23.9 Å². The van der Waals surface area contributed by atoms with Gasteiger partial charge in [-0.15, -0.1) is 5.10 Å². The normalized spacial score (nSPS) is 10.5. The highest BCUT2D eigenvalue weighted by Crippen LogP contribution is 2.16. The van der Waals surface area contributed by atoms with Crippen molar-refractivity contribution in [2.24, 2.45) is 5.92 Å². The summed E-state index contributed by atoms with van der Waals surface area (Å²) in [5, 5.41) is 12.7. The Hall–Kier alpha value is -1.48. The smallest absolute Gasteiger partial charge is 0.267 e. The molecule has 104 valence electrons. The van der Waals surface area contributed by atoms with Gasteiger partial charge in [0.2, 0.25) is 0 Å². The number of aromatic nitrogens is 2. The van der Waals surface area contributed by atoms with Gasteiger partial charge in [-0.25, -0.2) is 0 Å². The van der Waals surface area contributed by atoms with Crippen LogP contribution in [-0.2, 0) is 6.42 Å². The van der Waals surface area contributed by atoms with E-state index in [-0.39, 0.29) is 5.91 Å². The van der Waals surface area contributed by atoms with Gasteiger partial charge in [-0.2, -0.15) is 5.26 Å². The zero-order valence-electron chi connectivity index (χ0n) is 11.7. The highest BCUT2D eigenvalue weighted by molar-refractivity contribution is 7.08. The molecule has 0 spiro atoms. The van der Waals surface area contributed by atoms with Crippen LogP contribution in [0.4, 0.5) is 0 Å². The van der Waals surface area contributed by atoms with Crippen molar-refractivity contribution in [3.05, 3.63) is 10.6 Å². The molecule has 0 radical (unpaired) electrons. The number of rotatable bonds is 7. The van der Waals surface area contributed by atoms with Crippen molar-refractivity contribution in [1.82, 2.24) is 14.5 Å². The molecule has 0 fully saturated rings. The average molecular weight is 280 g/mol. The first-order chi connectivity index (χ1) is 9.10. The zero-order valence-corrected chi connectivity index (χ0v) is 12.5. The molecule has 0 aliphatic heterocycles.